The lowest BCUT2D eigenvalue weighted by atomic mass is 10.2. The number of rotatable bonds is 2. The molecule has 2 heteroatoms. The van der Waals surface area contributed by atoms with E-state index in [1.807, 2.05) is 13.1 Å². The van der Waals surface area contributed by atoms with Crippen molar-refractivity contribution in [3.63, 3.8) is 0 Å². The quantitative estimate of drug-likeness (QED) is 0.617. The molecule has 4 rings (SSSR count). The van der Waals surface area contributed by atoms with Gasteiger partial charge in [0.1, 0.15) is 0 Å². The molecule has 0 bridgehead atoms. The van der Waals surface area contributed by atoms with Gasteiger partial charge in [0.15, 0.2) is 0 Å². The van der Waals surface area contributed by atoms with E-state index in [4.69, 9.17) is 0 Å². The normalized spacial score (nSPS) is 13.6. The molecule has 1 aromatic heterocycles. The minimum atomic E-state index is 0.998. The number of likely N-dealkylation sites (N-methyl/N-ethyl adjacent to an activating group) is 1. The predicted octanol–water partition coefficient (Wildman–Crippen LogP) is 5.37. The number of allylic oxidation sites excluding steroid dienone is 3. The Hall–Kier alpha value is -2.74. The number of benzene rings is 2. The number of hydrogen-bond acceptors (Lipinski definition) is 1. The Kier molecular flexibility index (Phi) is 4.85. The average Bonchev–Trinajstić information content (AvgIpc) is 2.97. The van der Waals surface area contributed by atoms with Gasteiger partial charge in [0.25, 0.3) is 0 Å². The maximum absolute atomic E-state index is 3.67. The first-order chi connectivity index (χ1) is 11.7. The largest absolute Gasteiger partial charge is 0.377 e. The number of fused-ring (bicyclic) bond motifs is 3. The molecule has 0 unspecified atom stereocenters. The summed E-state index contributed by atoms with van der Waals surface area (Å²) in [4.78, 5) is 2.12. The second-order valence-corrected chi connectivity index (χ2v) is 5.94. The lowest BCUT2D eigenvalue weighted by Crippen LogP contribution is -2.12. The molecule has 0 atom stereocenters. The molecule has 0 spiro atoms. The molecule has 1 aliphatic heterocycles. The van der Waals surface area contributed by atoms with E-state index >= 15 is 0 Å². The fraction of sp³-hybridized carbons (Fsp3) is 0.182. The first-order valence-corrected chi connectivity index (χ1v) is 8.41. The van der Waals surface area contributed by atoms with Crippen LogP contribution in [0.15, 0.2) is 85.1 Å². The second kappa shape index (κ2) is 7.22. The van der Waals surface area contributed by atoms with Crippen molar-refractivity contribution < 1.29 is 0 Å². The molecule has 2 nitrogen and oxygen atoms in total. The summed E-state index contributed by atoms with van der Waals surface area (Å²) >= 11 is 0. The van der Waals surface area contributed by atoms with E-state index < -0.39 is 0 Å². The molecule has 0 saturated carbocycles. The van der Waals surface area contributed by atoms with Gasteiger partial charge < -0.3 is 9.47 Å². The lowest BCUT2D eigenvalue weighted by molar-refractivity contribution is 0.503. The van der Waals surface area contributed by atoms with E-state index in [0.717, 1.165) is 13.1 Å². The molecule has 2 heterocycles. The minimum Gasteiger partial charge on any atom is -0.377 e. The summed E-state index contributed by atoms with van der Waals surface area (Å²) in [5.41, 5.74) is 3.88. The summed E-state index contributed by atoms with van der Waals surface area (Å²) in [5.74, 6) is 0. The highest BCUT2D eigenvalue weighted by atomic mass is 15.1. The van der Waals surface area contributed by atoms with E-state index in [-0.39, 0.29) is 0 Å². The fourth-order valence-corrected chi connectivity index (χ4v) is 3.09. The molecule has 1 aliphatic rings. The first kappa shape index (κ1) is 16.1. The lowest BCUT2D eigenvalue weighted by Gasteiger charge is -2.14. The molecular formula is C22H24N2. The summed E-state index contributed by atoms with van der Waals surface area (Å²) in [7, 11) is 2.05. The third-order valence-corrected chi connectivity index (χ3v) is 4.37. The highest BCUT2D eigenvalue weighted by molar-refractivity contribution is 6.07. The predicted molar refractivity (Wildman–Crippen MR) is 105 cm³/mol. The smallest absolute Gasteiger partial charge is 0.0491 e. The van der Waals surface area contributed by atoms with Crippen LogP contribution in [0.2, 0.25) is 0 Å². The Bertz CT molecular complexity index is 859. The maximum Gasteiger partial charge on any atom is 0.0491 e. The molecule has 0 aliphatic carbocycles. The maximum atomic E-state index is 3.67. The van der Waals surface area contributed by atoms with E-state index in [9.17, 15) is 0 Å². The topological polar surface area (TPSA) is 8.17 Å². The van der Waals surface area contributed by atoms with Crippen molar-refractivity contribution in [1.29, 1.82) is 0 Å². The van der Waals surface area contributed by atoms with Gasteiger partial charge in [0.2, 0.25) is 0 Å². The van der Waals surface area contributed by atoms with Gasteiger partial charge in [-0.3, -0.25) is 0 Å². The monoisotopic (exact) mass is 316 g/mol. The van der Waals surface area contributed by atoms with Gasteiger partial charge in [-0.15, -0.1) is 0 Å². The molecular weight excluding hydrogens is 292 g/mol. The van der Waals surface area contributed by atoms with Crippen LogP contribution < -0.4 is 0 Å². The molecule has 0 amide bonds. The summed E-state index contributed by atoms with van der Waals surface area (Å²) in [5, 5.41) is 2.71. The Balaban J connectivity index is 0.000000162. The van der Waals surface area contributed by atoms with Crippen LogP contribution in [0.25, 0.3) is 21.8 Å². The van der Waals surface area contributed by atoms with Crippen molar-refractivity contribution in [3.8, 4) is 0 Å². The van der Waals surface area contributed by atoms with Crippen LogP contribution in [0.1, 0.15) is 6.92 Å². The van der Waals surface area contributed by atoms with E-state index in [2.05, 4.69) is 89.9 Å². The van der Waals surface area contributed by atoms with Gasteiger partial charge in [-0.05, 0) is 36.9 Å². The van der Waals surface area contributed by atoms with Crippen molar-refractivity contribution in [2.24, 2.45) is 0 Å². The molecule has 3 aromatic rings. The third-order valence-electron chi connectivity index (χ3n) is 4.37. The summed E-state index contributed by atoms with van der Waals surface area (Å²) < 4.78 is 2.37. The Morgan fingerprint density at radius 1 is 1.00 bits per heavy atom. The molecule has 0 fully saturated rings. The van der Waals surface area contributed by atoms with Gasteiger partial charge in [-0.25, -0.2) is 0 Å². The Morgan fingerprint density at radius 3 is 2.04 bits per heavy atom. The summed E-state index contributed by atoms with van der Waals surface area (Å²) in [6, 6.07) is 17.2. The number of hydrogen-bond donors (Lipinski definition) is 0. The Morgan fingerprint density at radius 2 is 1.58 bits per heavy atom. The highest BCUT2D eigenvalue weighted by Gasteiger charge is 2.06. The van der Waals surface area contributed by atoms with Crippen molar-refractivity contribution >= 4 is 21.8 Å². The Labute approximate surface area is 144 Å². The third kappa shape index (κ3) is 3.13. The molecule has 0 saturated heterocycles. The van der Waals surface area contributed by atoms with E-state index in [1.54, 1.807) is 0 Å². The highest BCUT2D eigenvalue weighted by Crippen LogP contribution is 2.28. The zero-order valence-corrected chi connectivity index (χ0v) is 14.4. The molecule has 122 valence electrons. The number of nitrogens with zero attached hydrogens (tertiary/aromatic N) is 2. The molecule has 0 radical (unpaired) electrons. The van der Waals surface area contributed by atoms with Crippen LogP contribution in [0, 0.1) is 0 Å². The van der Waals surface area contributed by atoms with Crippen molar-refractivity contribution in [3.05, 3.63) is 85.1 Å². The number of aryl methyl sites for hydroxylation is 1. The minimum absolute atomic E-state index is 0.998. The van der Waals surface area contributed by atoms with Crippen LogP contribution in [0.4, 0.5) is 0 Å². The summed E-state index contributed by atoms with van der Waals surface area (Å²) in [6.07, 6.45) is 8.12. The van der Waals surface area contributed by atoms with Crippen molar-refractivity contribution in [2.75, 3.05) is 13.6 Å². The van der Waals surface area contributed by atoms with Gasteiger partial charge in [-0.2, -0.15) is 0 Å². The van der Waals surface area contributed by atoms with Crippen molar-refractivity contribution in [1.82, 2.24) is 9.47 Å². The second-order valence-electron chi connectivity index (χ2n) is 5.94. The molecule has 24 heavy (non-hydrogen) atoms. The zero-order valence-electron chi connectivity index (χ0n) is 14.4. The van der Waals surface area contributed by atoms with Gasteiger partial charge in [-0.1, -0.05) is 55.1 Å². The van der Waals surface area contributed by atoms with Crippen molar-refractivity contribution in [2.45, 2.75) is 13.5 Å². The number of aromatic nitrogens is 1. The fourth-order valence-electron chi connectivity index (χ4n) is 3.09. The van der Waals surface area contributed by atoms with Crippen LogP contribution in [-0.2, 0) is 6.54 Å². The van der Waals surface area contributed by atoms with Gasteiger partial charge >= 0.3 is 0 Å². The zero-order chi connectivity index (χ0) is 16.9. The standard InChI is InChI=1S/C14H13N.C8H11N/c1-2-15-13-9-5-3-7-11(13)12-8-4-6-10-14(12)15;1-3-8-4-6-9(2)7-5-8/h3-10H,2H2,1H3;3-6H,1,7H2,2H3. The number of para-hydroxylation sites is 2. The SMILES string of the molecule is C=CC1=CCN(C)C=C1.CCn1c2ccccc2c2ccccc21. The van der Waals surface area contributed by atoms with Gasteiger partial charge in [0.05, 0.1) is 0 Å². The van der Waals surface area contributed by atoms with Crippen LogP contribution in [0.3, 0.4) is 0 Å². The molecule has 2 aromatic carbocycles. The van der Waals surface area contributed by atoms with E-state index in [1.165, 1.54) is 27.4 Å². The van der Waals surface area contributed by atoms with E-state index in [0.29, 0.717) is 0 Å². The van der Waals surface area contributed by atoms with Crippen LogP contribution in [-0.4, -0.2) is 23.1 Å². The van der Waals surface area contributed by atoms with Crippen LogP contribution >= 0.6 is 0 Å². The molecule has 0 N–H and O–H groups in total. The van der Waals surface area contributed by atoms with Crippen LogP contribution in [0.5, 0.6) is 0 Å². The summed E-state index contributed by atoms with van der Waals surface area (Å²) in [6.45, 7) is 7.88. The van der Waals surface area contributed by atoms with Gasteiger partial charge in [0, 0.05) is 41.9 Å². The average molecular weight is 316 g/mol. The first-order valence-electron chi connectivity index (χ1n) is 8.41.